The number of halogens is 5. The van der Waals surface area contributed by atoms with E-state index < -0.39 is 47.8 Å². The van der Waals surface area contributed by atoms with Gasteiger partial charge in [-0.05, 0) is 43.3 Å². The first-order chi connectivity index (χ1) is 13.1. The molecule has 0 saturated heterocycles. The fourth-order valence-corrected chi connectivity index (χ4v) is 2.28. The Morgan fingerprint density at radius 2 is 1.61 bits per heavy atom. The predicted molar refractivity (Wildman–Crippen MR) is 89.7 cm³/mol. The van der Waals surface area contributed by atoms with Crippen LogP contribution in [-0.4, -0.2) is 36.2 Å². The molecule has 2 amide bonds. The molecule has 0 heterocycles. The first kappa shape index (κ1) is 21.1. The zero-order chi connectivity index (χ0) is 20.9. The van der Waals surface area contributed by atoms with Crippen molar-refractivity contribution in [3.63, 3.8) is 0 Å². The van der Waals surface area contributed by atoms with Gasteiger partial charge in [-0.15, -0.1) is 13.2 Å². The molecule has 0 aliphatic rings. The maximum absolute atomic E-state index is 13.6. The van der Waals surface area contributed by atoms with Crippen LogP contribution in [0.25, 0.3) is 0 Å². The number of rotatable bonds is 6. The van der Waals surface area contributed by atoms with Gasteiger partial charge in [-0.2, -0.15) is 0 Å². The summed E-state index contributed by atoms with van der Waals surface area (Å²) >= 11 is 0. The molecule has 0 saturated carbocycles. The minimum absolute atomic E-state index is 0.0150. The predicted octanol–water partition coefficient (Wildman–Crippen LogP) is 3.96. The highest BCUT2D eigenvalue weighted by molar-refractivity contribution is 5.99. The molecule has 0 fully saturated rings. The first-order valence-corrected chi connectivity index (χ1v) is 7.99. The summed E-state index contributed by atoms with van der Waals surface area (Å²) in [6, 6.07) is 7.21. The Morgan fingerprint density at radius 1 is 1.04 bits per heavy atom. The Kier molecular flexibility index (Phi) is 6.55. The van der Waals surface area contributed by atoms with Crippen molar-refractivity contribution in [2.24, 2.45) is 0 Å². The van der Waals surface area contributed by atoms with Crippen LogP contribution in [-0.2, 0) is 4.79 Å². The summed E-state index contributed by atoms with van der Waals surface area (Å²) in [6.45, 7) is 1.13. The van der Waals surface area contributed by atoms with Crippen LogP contribution >= 0.6 is 0 Å². The molecule has 0 unspecified atom stereocenters. The molecule has 2 aromatic carbocycles. The molecule has 5 nitrogen and oxygen atoms in total. The molecule has 150 valence electrons. The van der Waals surface area contributed by atoms with Crippen molar-refractivity contribution >= 4 is 17.5 Å². The van der Waals surface area contributed by atoms with Gasteiger partial charge in [0, 0.05) is 12.1 Å². The minimum Gasteiger partial charge on any atom is -0.406 e. The molecular formula is C18H15F5N2O3. The SMILES string of the molecule is CCN(CC(=O)Nc1c(F)cccc1F)C(=O)c1ccc(OC(F)(F)F)cc1. The largest absolute Gasteiger partial charge is 0.573 e. The second kappa shape index (κ2) is 8.68. The summed E-state index contributed by atoms with van der Waals surface area (Å²) in [4.78, 5) is 25.5. The van der Waals surface area contributed by atoms with E-state index in [2.05, 4.69) is 10.1 Å². The summed E-state index contributed by atoms with van der Waals surface area (Å²) < 4.78 is 67.4. The molecule has 28 heavy (non-hydrogen) atoms. The van der Waals surface area contributed by atoms with E-state index >= 15 is 0 Å². The summed E-state index contributed by atoms with van der Waals surface area (Å²) in [7, 11) is 0. The molecular weight excluding hydrogens is 387 g/mol. The lowest BCUT2D eigenvalue weighted by Crippen LogP contribution is -2.38. The molecule has 0 atom stereocenters. The third-order valence-corrected chi connectivity index (χ3v) is 3.57. The topological polar surface area (TPSA) is 58.6 Å². The van der Waals surface area contributed by atoms with Crippen LogP contribution in [0.3, 0.4) is 0 Å². The van der Waals surface area contributed by atoms with Crippen molar-refractivity contribution in [2.75, 3.05) is 18.4 Å². The number of anilines is 1. The van der Waals surface area contributed by atoms with Gasteiger partial charge in [-0.3, -0.25) is 9.59 Å². The van der Waals surface area contributed by atoms with Gasteiger partial charge in [0.05, 0.1) is 0 Å². The number of alkyl halides is 3. The van der Waals surface area contributed by atoms with Gasteiger partial charge >= 0.3 is 6.36 Å². The number of nitrogens with one attached hydrogen (secondary N) is 1. The lowest BCUT2D eigenvalue weighted by molar-refractivity contribution is -0.274. The van der Waals surface area contributed by atoms with Crippen molar-refractivity contribution in [1.82, 2.24) is 4.90 Å². The van der Waals surface area contributed by atoms with Crippen LogP contribution < -0.4 is 10.1 Å². The molecule has 2 rings (SSSR count). The number of amides is 2. The van der Waals surface area contributed by atoms with Gasteiger partial charge in [0.25, 0.3) is 5.91 Å². The Hall–Kier alpha value is -3.17. The van der Waals surface area contributed by atoms with Gasteiger partial charge in [-0.25, -0.2) is 8.78 Å². The Balaban J connectivity index is 2.06. The van der Waals surface area contributed by atoms with E-state index in [-0.39, 0.29) is 12.1 Å². The van der Waals surface area contributed by atoms with E-state index in [0.29, 0.717) is 0 Å². The molecule has 1 N–H and O–H groups in total. The summed E-state index contributed by atoms with van der Waals surface area (Å²) in [5, 5.41) is 2.06. The zero-order valence-electron chi connectivity index (χ0n) is 14.5. The Bertz CT molecular complexity index is 833. The quantitative estimate of drug-likeness (QED) is 0.744. The lowest BCUT2D eigenvalue weighted by atomic mass is 10.2. The molecule has 2 aromatic rings. The number of hydrogen-bond donors (Lipinski definition) is 1. The summed E-state index contributed by atoms with van der Waals surface area (Å²) in [6.07, 6.45) is -4.86. The van der Waals surface area contributed by atoms with Gasteiger partial charge in [0.2, 0.25) is 5.91 Å². The van der Waals surface area contributed by atoms with Crippen molar-refractivity contribution in [1.29, 1.82) is 0 Å². The maximum Gasteiger partial charge on any atom is 0.573 e. The third kappa shape index (κ3) is 5.66. The zero-order valence-corrected chi connectivity index (χ0v) is 14.5. The molecule has 0 spiro atoms. The average Bonchev–Trinajstić information content (AvgIpc) is 2.61. The highest BCUT2D eigenvalue weighted by atomic mass is 19.4. The van der Waals surface area contributed by atoms with Crippen LogP contribution in [0.15, 0.2) is 42.5 Å². The van der Waals surface area contributed by atoms with Crippen molar-refractivity contribution in [3.8, 4) is 5.75 Å². The maximum atomic E-state index is 13.6. The number of carbonyl (C=O) groups excluding carboxylic acids is 2. The van der Waals surface area contributed by atoms with Crippen molar-refractivity contribution in [3.05, 3.63) is 59.7 Å². The summed E-state index contributed by atoms with van der Waals surface area (Å²) in [5.74, 6) is -3.92. The van der Waals surface area contributed by atoms with E-state index in [1.165, 1.54) is 0 Å². The Morgan fingerprint density at radius 3 is 2.11 bits per heavy atom. The van der Waals surface area contributed by atoms with E-state index in [4.69, 9.17) is 0 Å². The van der Waals surface area contributed by atoms with Crippen LogP contribution in [0.1, 0.15) is 17.3 Å². The van der Waals surface area contributed by atoms with Gasteiger partial charge < -0.3 is 15.0 Å². The van der Waals surface area contributed by atoms with Crippen LogP contribution in [0.4, 0.5) is 27.6 Å². The monoisotopic (exact) mass is 402 g/mol. The van der Waals surface area contributed by atoms with Gasteiger partial charge in [-0.1, -0.05) is 6.07 Å². The van der Waals surface area contributed by atoms with Crippen molar-refractivity contribution in [2.45, 2.75) is 13.3 Å². The smallest absolute Gasteiger partial charge is 0.406 e. The molecule has 0 radical (unpaired) electrons. The molecule has 10 heteroatoms. The average molecular weight is 402 g/mol. The standard InChI is InChI=1S/C18H15F5N2O3/c1-2-25(10-15(26)24-16-13(19)4-3-5-14(16)20)17(27)11-6-8-12(9-7-11)28-18(21,22)23/h3-9H,2,10H2,1H3,(H,24,26). The number of carbonyl (C=O) groups is 2. The van der Waals surface area contributed by atoms with Crippen LogP contribution in [0.2, 0.25) is 0 Å². The number of nitrogens with zero attached hydrogens (tertiary/aromatic N) is 1. The number of ether oxygens (including phenoxy) is 1. The van der Waals surface area contributed by atoms with E-state index in [1.807, 2.05) is 0 Å². The highest BCUT2D eigenvalue weighted by Crippen LogP contribution is 2.23. The second-order valence-electron chi connectivity index (χ2n) is 5.54. The Labute approximate surface area is 156 Å². The fourth-order valence-electron chi connectivity index (χ4n) is 2.28. The summed E-state index contributed by atoms with van der Waals surface area (Å²) in [5.41, 5.74) is -0.620. The molecule has 0 aliphatic heterocycles. The fraction of sp³-hybridized carbons (Fsp3) is 0.222. The van der Waals surface area contributed by atoms with E-state index in [9.17, 15) is 31.5 Å². The van der Waals surface area contributed by atoms with Gasteiger partial charge in [0.15, 0.2) is 0 Å². The first-order valence-electron chi connectivity index (χ1n) is 7.99. The molecule has 0 aromatic heterocycles. The number of para-hydroxylation sites is 1. The van der Waals surface area contributed by atoms with E-state index in [0.717, 1.165) is 47.4 Å². The third-order valence-electron chi connectivity index (χ3n) is 3.57. The van der Waals surface area contributed by atoms with Crippen molar-refractivity contribution < 1.29 is 36.3 Å². The normalized spacial score (nSPS) is 11.1. The second-order valence-corrected chi connectivity index (χ2v) is 5.54. The van der Waals surface area contributed by atoms with Crippen LogP contribution in [0.5, 0.6) is 5.75 Å². The molecule has 0 aliphatic carbocycles. The number of benzene rings is 2. The minimum atomic E-state index is -4.86. The van der Waals surface area contributed by atoms with Crippen LogP contribution in [0, 0.1) is 11.6 Å². The highest BCUT2D eigenvalue weighted by Gasteiger charge is 2.31. The molecule has 0 bridgehead atoms. The number of hydrogen-bond acceptors (Lipinski definition) is 3. The lowest BCUT2D eigenvalue weighted by Gasteiger charge is -2.21. The van der Waals surface area contributed by atoms with Gasteiger partial charge in [0.1, 0.15) is 29.6 Å². The number of likely N-dealkylation sites (N-methyl/N-ethyl adjacent to an activating group) is 1. The van der Waals surface area contributed by atoms with E-state index in [1.54, 1.807) is 6.92 Å².